The van der Waals surface area contributed by atoms with Gasteiger partial charge in [0.15, 0.2) is 0 Å². The highest BCUT2D eigenvalue weighted by Gasteiger charge is 2.37. The lowest BCUT2D eigenvalue weighted by Crippen LogP contribution is -2.52. The van der Waals surface area contributed by atoms with Crippen LogP contribution >= 0.6 is 0 Å². The molecule has 0 spiro atoms. The van der Waals surface area contributed by atoms with Crippen LogP contribution in [0.5, 0.6) is 0 Å². The van der Waals surface area contributed by atoms with Crippen LogP contribution in [0.15, 0.2) is 0 Å². The standard InChI is InChI=1S/C12H24N2O2S/c13-10-12(7-3-4-8-12)14-17(15,16)9-11-5-1-2-6-11/h11,14H,1-10,13H2. The molecule has 2 aliphatic rings. The van der Waals surface area contributed by atoms with Gasteiger partial charge in [-0.05, 0) is 31.6 Å². The predicted octanol–water partition coefficient (Wildman–Crippen LogP) is 1.37. The highest BCUT2D eigenvalue weighted by Crippen LogP contribution is 2.31. The van der Waals surface area contributed by atoms with Crippen molar-refractivity contribution < 1.29 is 8.42 Å². The van der Waals surface area contributed by atoms with E-state index in [9.17, 15) is 8.42 Å². The van der Waals surface area contributed by atoms with Gasteiger partial charge < -0.3 is 5.73 Å². The van der Waals surface area contributed by atoms with E-state index >= 15 is 0 Å². The molecule has 0 amide bonds. The van der Waals surface area contributed by atoms with Crippen LogP contribution in [0.2, 0.25) is 0 Å². The van der Waals surface area contributed by atoms with Crippen LogP contribution in [0.4, 0.5) is 0 Å². The molecule has 0 unspecified atom stereocenters. The SMILES string of the molecule is NCC1(NS(=O)(=O)CC2CCCC2)CCCC1. The fourth-order valence-electron chi connectivity index (χ4n) is 3.26. The third kappa shape index (κ3) is 3.42. The second kappa shape index (κ2) is 5.24. The van der Waals surface area contributed by atoms with Crippen molar-refractivity contribution in [1.82, 2.24) is 4.72 Å². The molecule has 0 heterocycles. The van der Waals surface area contributed by atoms with E-state index in [1.807, 2.05) is 0 Å². The minimum atomic E-state index is -3.15. The fraction of sp³-hybridized carbons (Fsp3) is 1.00. The summed E-state index contributed by atoms with van der Waals surface area (Å²) >= 11 is 0. The molecule has 0 aromatic heterocycles. The van der Waals surface area contributed by atoms with Crippen molar-refractivity contribution >= 4 is 10.0 Å². The van der Waals surface area contributed by atoms with Crippen molar-refractivity contribution in [3.63, 3.8) is 0 Å². The Morgan fingerprint density at radius 2 is 1.71 bits per heavy atom. The molecule has 2 saturated carbocycles. The summed E-state index contributed by atoms with van der Waals surface area (Å²) in [6.07, 6.45) is 8.46. The quantitative estimate of drug-likeness (QED) is 0.784. The van der Waals surface area contributed by atoms with Gasteiger partial charge in [-0.3, -0.25) is 0 Å². The van der Waals surface area contributed by atoms with Crippen LogP contribution in [0.1, 0.15) is 51.4 Å². The molecule has 2 rings (SSSR count). The van der Waals surface area contributed by atoms with Crippen LogP contribution in [-0.2, 0) is 10.0 Å². The molecule has 0 aliphatic heterocycles. The molecule has 0 saturated heterocycles. The maximum atomic E-state index is 12.1. The Morgan fingerprint density at radius 3 is 2.24 bits per heavy atom. The zero-order valence-corrected chi connectivity index (χ0v) is 11.3. The first-order valence-electron chi connectivity index (χ1n) is 6.77. The van der Waals surface area contributed by atoms with Crippen molar-refractivity contribution in [3.8, 4) is 0 Å². The average molecular weight is 260 g/mol. The third-order valence-electron chi connectivity index (χ3n) is 4.25. The van der Waals surface area contributed by atoms with E-state index in [1.54, 1.807) is 0 Å². The Morgan fingerprint density at radius 1 is 1.12 bits per heavy atom. The molecule has 3 N–H and O–H groups in total. The normalized spacial score (nSPS) is 25.5. The Kier molecular flexibility index (Phi) is 4.10. The highest BCUT2D eigenvalue weighted by molar-refractivity contribution is 7.89. The number of rotatable bonds is 5. The van der Waals surface area contributed by atoms with Gasteiger partial charge in [0.1, 0.15) is 0 Å². The van der Waals surface area contributed by atoms with Gasteiger partial charge in [-0.1, -0.05) is 25.7 Å². The van der Waals surface area contributed by atoms with Crippen LogP contribution in [0, 0.1) is 5.92 Å². The maximum Gasteiger partial charge on any atom is 0.212 e. The van der Waals surface area contributed by atoms with Crippen molar-refractivity contribution in [2.75, 3.05) is 12.3 Å². The Hall–Kier alpha value is -0.130. The van der Waals surface area contributed by atoms with Gasteiger partial charge in [0.25, 0.3) is 0 Å². The maximum absolute atomic E-state index is 12.1. The van der Waals surface area contributed by atoms with E-state index in [0.29, 0.717) is 18.2 Å². The first-order chi connectivity index (χ1) is 8.05. The number of nitrogens with one attached hydrogen (secondary N) is 1. The molecule has 0 aromatic carbocycles. The van der Waals surface area contributed by atoms with Gasteiger partial charge in [-0.15, -0.1) is 0 Å². The van der Waals surface area contributed by atoms with Gasteiger partial charge >= 0.3 is 0 Å². The predicted molar refractivity (Wildman–Crippen MR) is 69.1 cm³/mol. The summed E-state index contributed by atoms with van der Waals surface area (Å²) in [6.45, 7) is 0.427. The second-order valence-electron chi connectivity index (χ2n) is 5.73. The van der Waals surface area contributed by atoms with Gasteiger partial charge in [0.2, 0.25) is 10.0 Å². The number of nitrogens with two attached hydrogens (primary N) is 1. The van der Waals surface area contributed by atoms with E-state index < -0.39 is 10.0 Å². The lowest BCUT2D eigenvalue weighted by atomic mass is 10.0. The van der Waals surface area contributed by atoms with Crippen LogP contribution < -0.4 is 10.5 Å². The topological polar surface area (TPSA) is 72.2 Å². The highest BCUT2D eigenvalue weighted by atomic mass is 32.2. The second-order valence-corrected chi connectivity index (χ2v) is 7.49. The summed E-state index contributed by atoms with van der Waals surface area (Å²) < 4.78 is 27.2. The molecule has 100 valence electrons. The number of hydrogen-bond donors (Lipinski definition) is 2. The largest absolute Gasteiger partial charge is 0.329 e. The van der Waals surface area contributed by atoms with Gasteiger partial charge in [-0.25, -0.2) is 13.1 Å². The van der Waals surface area contributed by atoms with E-state index in [2.05, 4.69) is 4.72 Å². The van der Waals surface area contributed by atoms with E-state index in [4.69, 9.17) is 5.73 Å². The Bertz CT molecular complexity index is 342. The first kappa shape index (κ1) is 13.3. The van der Waals surface area contributed by atoms with Gasteiger partial charge in [0, 0.05) is 12.1 Å². The molecule has 0 atom stereocenters. The summed E-state index contributed by atoms with van der Waals surface area (Å²) in [5.74, 6) is 0.665. The van der Waals surface area contributed by atoms with Gasteiger partial charge in [0.05, 0.1) is 5.75 Å². The summed E-state index contributed by atoms with van der Waals surface area (Å²) in [5.41, 5.74) is 5.42. The number of sulfonamides is 1. The van der Waals surface area contributed by atoms with E-state index in [0.717, 1.165) is 38.5 Å². The monoisotopic (exact) mass is 260 g/mol. The molecule has 2 aliphatic carbocycles. The van der Waals surface area contributed by atoms with Crippen LogP contribution in [0.3, 0.4) is 0 Å². The Balaban J connectivity index is 1.95. The number of hydrogen-bond acceptors (Lipinski definition) is 3. The molecule has 0 radical (unpaired) electrons. The fourth-order valence-corrected chi connectivity index (χ4v) is 5.24. The third-order valence-corrected chi connectivity index (χ3v) is 5.91. The lowest BCUT2D eigenvalue weighted by Gasteiger charge is -2.28. The zero-order valence-electron chi connectivity index (χ0n) is 10.5. The van der Waals surface area contributed by atoms with Crippen molar-refractivity contribution in [3.05, 3.63) is 0 Å². The van der Waals surface area contributed by atoms with Crippen molar-refractivity contribution in [2.45, 2.75) is 56.9 Å². The van der Waals surface area contributed by atoms with Crippen molar-refractivity contribution in [2.24, 2.45) is 11.7 Å². The van der Waals surface area contributed by atoms with E-state index in [-0.39, 0.29) is 5.54 Å². The molecule has 4 nitrogen and oxygen atoms in total. The summed E-state index contributed by atoms with van der Waals surface area (Å²) in [7, 11) is -3.15. The zero-order chi connectivity index (χ0) is 12.4. The summed E-state index contributed by atoms with van der Waals surface area (Å²) in [6, 6.07) is 0. The minimum absolute atomic E-state index is 0.300. The minimum Gasteiger partial charge on any atom is -0.329 e. The van der Waals surface area contributed by atoms with Crippen LogP contribution in [-0.4, -0.2) is 26.3 Å². The Labute approximate surface area is 104 Å². The molecule has 2 fully saturated rings. The average Bonchev–Trinajstić information content (AvgIpc) is 2.89. The lowest BCUT2D eigenvalue weighted by molar-refractivity contribution is 0.397. The van der Waals surface area contributed by atoms with Crippen molar-refractivity contribution in [1.29, 1.82) is 0 Å². The molecular formula is C12H24N2O2S. The molecule has 0 bridgehead atoms. The first-order valence-corrected chi connectivity index (χ1v) is 8.42. The molecule has 5 heteroatoms. The van der Waals surface area contributed by atoms with E-state index in [1.165, 1.54) is 12.8 Å². The van der Waals surface area contributed by atoms with Crippen LogP contribution in [0.25, 0.3) is 0 Å². The molecule has 0 aromatic rings. The summed E-state index contributed by atoms with van der Waals surface area (Å²) in [4.78, 5) is 0. The summed E-state index contributed by atoms with van der Waals surface area (Å²) in [5, 5.41) is 0. The smallest absolute Gasteiger partial charge is 0.212 e. The molecule has 17 heavy (non-hydrogen) atoms. The molecular weight excluding hydrogens is 236 g/mol. The van der Waals surface area contributed by atoms with Gasteiger partial charge in [-0.2, -0.15) is 0 Å².